The Labute approximate surface area is 158 Å². The molecule has 5 rings (SSSR count). The molecule has 5 aromatic rings. The van der Waals surface area contributed by atoms with Gasteiger partial charge in [0.25, 0.3) is 0 Å². The van der Waals surface area contributed by atoms with Gasteiger partial charge in [-0.2, -0.15) is 0 Å². The van der Waals surface area contributed by atoms with Gasteiger partial charge >= 0.3 is 159 Å². The quantitative estimate of drug-likeness (QED) is 0.464. The van der Waals surface area contributed by atoms with Gasteiger partial charge in [-0.15, -0.1) is 0 Å². The average Bonchev–Trinajstić information content (AvgIpc) is 3.17. The van der Waals surface area contributed by atoms with Crippen molar-refractivity contribution in [2.24, 2.45) is 0 Å². The molecule has 0 fully saturated rings. The summed E-state index contributed by atoms with van der Waals surface area (Å²) >= 11 is 2.69. The number of rotatable bonds is 2. The van der Waals surface area contributed by atoms with Crippen LogP contribution >= 0.6 is 0 Å². The van der Waals surface area contributed by atoms with E-state index < -0.39 is 0 Å². The molecule has 0 saturated carbocycles. The van der Waals surface area contributed by atoms with Crippen molar-refractivity contribution in [2.75, 3.05) is 0 Å². The Hall–Kier alpha value is -2.97. The third-order valence-corrected chi connectivity index (χ3v) is 5.41. The first-order chi connectivity index (χ1) is 12.8. The molecule has 4 nitrogen and oxygen atoms in total. The SMILES string of the molecule is [As]c1ccc2cccc(-c3cnnc4[nH]ncc34)c2c1-c1ccccc1. The zero-order valence-corrected chi connectivity index (χ0v) is 15.6. The number of nitrogens with zero attached hydrogens (tertiary/aromatic N) is 3. The van der Waals surface area contributed by atoms with E-state index >= 15 is 0 Å². The summed E-state index contributed by atoms with van der Waals surface area (Å²) in [7, 11) is 0. The molecule has 0 aliphatic heterocycles. The van der Waals surface area contributed by atoms with Crippen LogP contribution in [0.1, 0.15) is 0 Å². The summed E-state index contributed by atoms with van der Waals surface area (Å²) in [6.45, 7) is 0. The van der Waals surface area contributed by atoms with Gasteiger partial charge in [0.05, 0.1) is 0 Å². The summed E-state index contributed by atoms with van der Waals surface area (Å²) in [5.74, 6) is 0. The van der Waals surface area contributed by atoms with Gasteiger partial charge in [0, 0.05) is 0 Å². The van der Waals surface area contributed by atoms with Crippen LogP contribution in [0, 0.1) is 0 Å². The molecule has 0 saturated heterocycles. The fraction of sp³-hybridized carbons (Fsp3) is 0. The van der Waals surface area contributed by atoms with Crippen molar-refractivity contribution in [3.8, 4) is 22.3 Å². The fourth-order valence-corrected chi connectivity index (χ4v) is 4.13. The van der Waals surface area contributed by atoms with Crippen molar-refractivity contribution in [1.82, 2.24) is 20.4 Å². The van der Waals surface area contributed by atoms with Crippen LogP contribution in [0.5, 0.6) is 0 Å². The molecule has 5 heteroatoms. The zero-order valence-electron chi connectivity index (χ0n) is 13.7. The van der Waals surface area contributed by atoms with Gasteiger partial charge in [-0.25, -0.2) is 0 Å². The van der Waals surface area contributed by atoms with Gasteiger partial charge in [0.15, 0.2) is 0 Å². The van der Waals surface area contributed by atoms with Crippen LogP contribution in [-0.2, 0) is 0 Å². The van der Waals surface area contributed by atoms with Crippen molar-refractivity contribution in [3.63, 3.8) is 0 Å². The second-order valence-electron chi connectivity index (χ2n) is 6.12. The summed E-state index contributed by atoms with van der Waals surface area (Å²) in [6, 6.07) is 21.2. The first-order valence-electron chi connectivity index (χ1n) is 8.28. The Bertz CT molecular complexity index is 1250. The Morgan fingerprint density at radius 1 is 0.808 bits per heavy atom. The Balaban J connectivity index is 1.93. The van der Waals surface area contributed by atoms with E-state index in [1.54, 1.807) is 0 Å². The topological polar surface area (TPSA) is 54.5 Å². The molecular formula is C21H13AsN4. The van der Waals surface area contributed by atoms with E-state index in [4.69, 9.17) is 0 Å². The van der Waals surface area contributed by atoms with Crippen molar-refractivity contribution in [1.29, 1.82) is 0 Å². The maximum atomic E-state index is 4.17. The number of nitrogens with one attached hydrogen (secondary N) is 1. The maximum absolute atomic E-state index is 4.17. The molecule has 2 aromatic heterocycles. The summed E-state index contributed by atoms with van der Waals surface area (Å²) in [5.41, 5.74) is 5.29. The second-order valence-corrected chi connectivity index (χ2v) is 7.13. The number of aromatic amines is 1. The van der Waals surface area contributed by atoms with E-state index in [-0.39, 0.29) is 0 Å². The monoisotopic (exact) mass is 396 g/mol. The van der Waals surface area contributed by atoms with Crippen LogP contribution in [0.2, 0.25) is 0 Å². The minimum absolute atomic E-state index is 0.698. The molecule has 2 heterocycles. The molecule has 1 N–H and O–H groups in total. The molecule has 0 unspecified atom stereocenters. The summed E-state index contributed by atoms with van der Waals surface area (Å²) in [6.07, 6.45) is 3.63. The molecular weight excluding hydrogens is 383 g/mol. The molecule has 0 aliphatic carbocycles. The van der Waals surface area contributed by atoms with Crippen LogP contribution in [-0.4, -0.2) is 37.2 Å². The number of hydrogen-bond acceptors (Lipinski definition) is 3. The van der Waals surface area contributed by atoms with Crippen LogP contribution in [0.3, 0.4) is 0 Å². The average molecular weight is 396 g/mol. The van der Waals surface area contributed by atoms with Crippen molar-refractivity contribution >= 4 is 43.0 Å². The van der Waals surface area contributed by atoms with E-state index in [0.29, 0.717) is 5.65 Å². The fourth-order valence-electron chi connectivity index (χ4n) is 3.47. The standard InChI is InChI=1S/C21H13AsN4/c22-18-10-9-14-7-4-8-15(16-11-23-25-21-17(16)12-24-26-21)19(14)20(18)13-5-2-1-3-6-13/h1-12H,(H,24,25,26). The van der Waals surface area contributed by atoms with Crippen LogP contribution in [0.4, 0.5) is 0 Å². The first-order valence-corrected chi connectivity index (χ1v) is 9.22. The second kappa shape index (κ2) is 6.08. The van der Waals surface area contributed by atoms with Gasteiger partial charge in [-0.3, -0.25) is 0 Å². The van der Waals surface area contributed by atoms with Gasteiger partial charge in [-0.05, 0) is 0 Å². The predicted octanol–water partition coefficient (Wildman–Crippen LogP) is 3.63. The predicted molar refractivity (Wildman–Crippen MR) is 105 cm³/mol. The van der Waals surface area contributed by atoms with E-state index in [0.717, 1.165) is 16.5 Å². The third kappa shape index (κ3) is 2.34. The number of hydrogen-bond donors (Lipinski definition) is 1. The van der Waals surface area contributed by atoms with Gasteiger partial charge in [0.1, 0.15) is 0 Å². The van der Waals surface area contributed by atoms with E-state index in [9.17, 15) is 0 Å². The molecule has 2 radical (unpaired) electrons. The molecule has 0 aliphatic rings. The number of fused-ring (bicyclic) bond motifs is 2. The van der Waals surface area contributed by atoms with Crippen LogP contribution in [0.15, 0.2) is 73.1 Å². The molecule has 0 atom stereocenters. The number of benzene rings is 3. The van der Waals surface area contributed by atoms with Crippen molar-refractivity contribution in [2.45, 2.75) is 0 Å². The van der Waals surface area contributed by atoms with Gasteiger partial charge in [-0.1, -0.05) is 0 Å². The number of H-pyrrole nitrogens is 1. The molecule has 0 amide bonds. The first kappa shape index (κ1) is 15.3. The van der Waals surface area contributed by atoms with Crippen molar-refractivity contribution in [3.05, 3.63) is 73.1 Å². The number of aromatic nitrogens is 4. The van der Waals surface area contributed by atoms with E-state index in [1.165, 1.54) is 26.3 Å². The Morgan fingerprint density at radius 3 is 2.58 bits per heavy atom. The summed E-state index contributed by atoms with van der Waals surface area (Å²) < 4.78 is 1.19. The minimum atomic E-state index is 0.698. The van der Waals surface area contributed by atoms with Crippen LogP contribution in [0.25, 0.3) is 44.1 Å². The van der Waals surface area contributed by atoms with Gasteiger partial charge in [0.2, 0.25) is 0 Å². The molecule has 0 bridgehead atoms. The molecule has 3 aromatic carbocycles. The van der Waals surface area contributed by atoms with Crippen LogP contribution < -0.4 is 4.35 Å². The third-order valence-electron chi connectivity index (χ3n) is 4.63. The molecule has 26 heavy (non-hydrogen) atoms. The van der Waals surface area contributed by atoms with E-state index in [2.05, 4.69) is 91.8 Å². The van der Waals surface area contributed by atoms with Gasteiger partial charge < -0.3 is 0 Å². The zero-order chi connectivity index (χ0) is 17.5. The summed E-state index contributed by atoms with van der Waals surface area (Å²) in [5, 5.41) is 18.7. The van der Waals surface area contributed by atoms with Crippen molar-refractivity contribution < 1.29 is 0 Å². The normalized spacial score (nSPS) is 11.3. The molecule has 122 valence electrons. The summed E-state index contributed by atoms with van der Waals surface area (Å²) in [4.78, 5) is 0. The van der Waals surface area contributed by atoms with E-state index in [1.807, 2.05) is 18.5 Å². The molecule has 0 spiro atoms. The Kier molecular flexibility index (Phi) is 3.58. The Morgan fingerprint density at radius 2 is 1.69 bits per heavy atom.